The van der Waals surface area contributed by atoms with Gasteiger partial charge in [0.2, 0.25) is 5.91 Å². The number of aromatic nitrogens is 2. The van der Waals surface area contributed by atoms with Crippen LogP contribution in [-0.4, -0.2) is 58.4 Å². The number of para-hydroxylation sites is 1. The molecule has 0 radical (unpaired) electrons. The molecule has 10 heteroatoms. The maximum absolute atomic E-state index is 11.1. The molecule has 0 saturated carbocycles. The molecule has 9 nitrogen and oxygen atoms in total. The Hall–Kier alpha value is -3.91. The highest BCUT2D eigenvalue weighted by Gasteiger charge is 2.21. The summed E-state index contributed by atoms with van der Waals surface area (Å²) in [5.41, 5.74) is 9.47. The lowest BCUT2D eigenvalue weighted by Gasteiger charge is -2.34. The number of benzene rings is 2. The number of allylic oxidation sites excluding steroid dienone is 1. The van der Waals surface area contributed by atoms with Crippen LogP contribution in [0.4, 0.5) is 5.69 Å². The van der Waals surface area contributed by atoms with Gasteiger partial charge in [-0.3, -0.25) is 14.6 Å². The van der Waals surface area contributed by atoms with Crippen molar-refractivity contribution in [1.82, 2.24) is 19.8 Å². The summed E-state index contributed by atoms with van der Waals surface area (Å²) in [6, 6.07) is 20.4. The van der Waals surface area contributed by atoms with Crippen molar-refractivity contribution >= 4 is 28.9 Å². The molecule has 0 bridgehead atoms. The largest absolute Gasteiger partial charge is 0.459 e. The van der Waals surface area contributed by atoms with Crippen molar-refractivity contribution in [3.63, 3.8) is 0 Å². The number of primary amides is 1. The highest BCUT2D eigenvalue weighted by molar-refractivity contribution is 8.04. The number of hydrogen-bond acceptors (Lipinski definition) is 9. The van der Waals surface area contributed by atoms with E-state index >= 15 is 0 Å². The zero-order valence-electron chi connectivity index (χ0n) is 20.3. The number of ether oxygens (including phenoxy) is 1. The molecule has 3 N–H and O–H groups in total. The topological polar surface area (TPSA) is 120 Å². The molecule has 0 unspecified atom stereocenters. The van der Waals surface area contributed by atoms with Gasteiger partial charge in [-0.15, -0.1) is 0 Å². The van der Waals surface area contributed by atoms with E-state index in [4.69, 9.17) is 10.5 Å². The minimum Gasteiger partial charge on any atom is -0.459 e. The van der Waals surface area contributed by atoms with Gasteiger partial charge in [-0.1, -0.05) is 48.2 Å². The molecule has 37 heavy (non-hydrogen) atoms. The highest BCUT2D eigenvalue weighted by atomic mass is 32.2. The Morgan fingerprint density at radius 3 is 2.51 bits per heavy atom. The number of nitrogens with one attached hydrogen (secondary N) is 1. The third-order valence-electron chi connectivity index (χ3n) is 6.22. The fourth-order valence-electron chi connectivity index (χ4n) is 4.28. The molecule has 188 valence electrons. The standard InChI is InChI=1S/C27H27N7O2S/c28-15-21(26-31-23-3-1-2-4-24(23)37-26)22-9-10-30-27(32-22)36-18-20-7-5-19(6-8-20)16-33-11-13-34(14-12-33)17-25(29)35/h1-10,31H,11-14,16-18H2,(H2,29,35)/b26-21+. The molecule has 0 spiro atoms. The average Bonchev–Trinajstić information content (AvgIpc) is 3.34. The molecule has 2 aromatic carbocycles. The predicted octanol–water partition coefficient (Wildman–Crippen LogP) is 3.07. The molecular formula is C27H27N7O2S. The third kappa shape index (κ3) is 6.27. The minimum atomic E-state index is -0.276. The summed E-state index contributed by atoms with van der Waals surface area (Å²) < 4.78 is 5.85. The van der Waals surface area contributed by atoms with Gasteiger partial charge in [0.15, 0.2) is 0 Å². The number of nitrogens with two attached hydrogens (primary N) is 1. The number of amides is 1. The van der Waals surface area contributed by atoms with Crippen molar-refractivity contribution in [2.24, 2.45) is 5.73 Å². The van der Waals surface area contributed by atoms with E-state index in [9.17, 15) is 10.1 Å². The molecule has 3 aromatic rings. The monoisotopic (exact) mass is 513 g/mol. The lowest BCUT2D eigenvalue weighted by molar-refractivity contribution is -0.119. The van der Waals surface area contributed by atoms with Crippen LogP contribution in [0.1, 0.15) is 16.8 Å². The molecule has 1 aromatic heterocycles. The number of carbonyl (C=O) groups excluding carboxylic acids is 1. The van der Waals surface area contributed by atoms with Gasteiger partial charge in [-0.25, -0.2) is 4.98 Å². The zero-order valence-corrected chi connectivity index (χ0v) is 21.1. The zero-order chi connectivity index (χ0) is 25.6. The van der Waals surface area contributed by atoms with Gasteiger partial charge in [0, 0.05) is 43.8 Å². The van der Waals surface area contributed by atoms with Crippen LogP contribution < -0.4 is 15.8 Å². The van der Waals surface area contributed by atoms with Crippen molar-refractivity contribution in [3.05, 3.63) is 82.6 Å². The Balaban J connectivity index is 1.16. The van der Waals surface area contributed by atoms with Crippen LogP contribution in [0.5, 0.6) is 6.01 Å². The second-order valence-corrected chi connectivity index (χ2v) is 9.94. The lowest BCUT2D eigenvalue weighted by Crippen LogP contribution is -2.48. The first-order valence-corrected chi connectivity index (χ1v) is 12.8. The van der Waals surface area contributed by atoms with E-state index in [-0.39, 0.29) is 11.9 Å². The van der Waals surface area contributed by atoms with E-state index in [1.54, 1.807) is 12.3 Å². The number of nitrogens with zero attached hydrogens (tertiary/aromatic N) is 5. The van der Waals surface area contributed by atoms with Crippen LogP contribution in [0.25, 0.3) is 5.57 Å². The first-order chi connectivity index (χ1) is 18.1. The number of fused-ring (bicyclic) bond motifs is 1. The van der Waals surface area contributed by atoms with Crippen LogP contribution in [0, 0.1) is 11.3 Å². The molecule has 0 aliphatic carbocycles. The number of anilines is 1. The maximum atomic E-state index is 11.1. The maximum Gasteiger partial charge on any atom is 0.317 e. The summed E-state index contributed by atoms with van der Waals surface area (Å²) in [6.07, 6.45) is 1.61. The second kappa shape index (κ2) is 11.4. The second-order valence-electron chi connectivity index (χ2n) is 8.89. The van der Waals surface area contributed by atoms with Gasteiger partial charge < -0.3 is 15.8 Å². The molecule has 3 heterocycles. The first-order valence-electron chi connectivity index (χ1n) is 12.0. The van der Waals surface area contributed by atoms with Crippen LogP contribution >= 0.6 is 11.8 Å². The molecule has 5 rings (SSSR count). The summed E-state index contributed by atoms with van der Waals surface area (Å²) in [6.45, 7) is 5.03. The number of thioether (sulfide) groups is 1. The molecule has 1 saturated heterocycles. The Bertz CT molecular complexity index is 1320. The van der Waals surface area contributed by atoms with Crippen LogP contribution in [0.2, 0.25) is 0 Å². The molecule has 0 atom stereocenters. The van der Waals surface area contributed by atoms with E-state index in [2.05, 4.69) is 43.3 Å². The van der Waals surface area contributed by atoms with Crippen molar-refractivity contribution in [2.75, 3.05) is 38.0 Å². The Morgan fingerprint density at radius 1 is 1.05 bits per heavy atom. The molecule has 2 aliphatic rings. The number of hydrogen-bond donors (Lipinski definition) is 2. The van der Waals surface area contributed by atoms with Crippen molar-refractivity contribution in [3.8, 4) is 12.1 Å². The number of piperazine rings is 1. The minimum absolute atomic E-state index is 0.226. The van der Waals surface area contributed by atoms with Gasteiger partial charge in [0.05, 0.1) is 23.0 Å². The smallest absolute Gasteiger partial charge is 0.317 e. The van der Waals surface area contributed by atoms with Crippen LogP contribution in [0.3, 0.4) is 0 Å². The number of nitriles is 1. The molecular weight excluding hydrogens is 486 g/mol. The van der Waals surface area contributed by atoms with Crippen molar-refractivity contribution in [2.45, 2.75) is 18.0 Å². The quantitative estimate of drug-likeness (QED) is 0.438. The normalized spacial score (nSPS) is 16.9. The number of rotatable bonds is 8. The van der Waals surface area contributed by atoms with Crippen molar-refractivity contribution < 1.29 is 9.53 Å². The van der Waals surface area contributed by atoms with E-state index in [0.717, 1.165) is 53.9 Å². The molecule has 1 fully saturated rings. The lowest BCUT2D eigenvalue weighted by atomic mass is 10.1. The third-order valence-corrected chi connectivity index (χ3v) is 7.30. The Labute approximate surface area is 219 Å². The van der Waals surface area contributed by atoms with Gasteiger partial charge in [-0.2, -0.15) is 10.2 Å². The summed E-state index contributed by atoms with van der Waals surface area (Å²) in [5.74, 6) is -0.276. The fourth-order valence-corrected chi connectivity index (χ4v) is 5.29. The van der Waals surface area contributed by atoms with Crippen molar-refractivity contribution in [1.29, 1.82) is 5.26 Å². The Kier molecular flexibility index (Phi) is 7.65. The van der Waals surface area contributed by atoms with E-state index in [0.29, 0.717) is 24.4 Å². The summed E-state index contributed by atoms with van der Waals surface area (Å²) >= 11 is 1.52. The first kappa shape index (κ1) is 24.8. The predicted molar refractivity (Wildman–Crippen MR) is 142 cm³/mol. The number of carbonyl (C=O) groups is 1. The summed E-state index contributed by atoms with van der Waals surface area (Å²) in [4.78, 5) is 25.3. The molecule has 1 amide bonds. The van der Waals surface area contributed by atoms with Crippen LogP contribution in [0.15, 0.2) is 70.7 Å². The van der Waals surface area contributed by atoms with Crippen LogP contribution in [-0.2, 0) is 17.9 Å². The van der Waals surface area contributed by atoms with E-state index < -0.39 is 0 Å². The van der Waals surface area contributed by atoms with Gasteiger partial charge in [-0.05, 0) is 29.3 Å². The average molecular weight is 514 g/mol. The fraction of sp³-hybridized carbons (Fsp3) is 0.259. The van der Waals surface area contributed by atoms with E-state index in [1.807, 2.05) is 36.4 Å². The van der Waals surface area contributed by atoms with E-state index in [1.165, 1.54) is 17.3 Å². The summed E-state index contributed by atoms with van der Waals surface area (Å²) in [5, 5.41) is 13.9. The van der Waals surface area contributed by atoms with Gasteiger partial charge in [0.25, 0.3) is 0 Å². The Morgan fingerprint density at radius 2 is 1.78 bits per heavy atom. The van der Waals surface area contributed by atoms with Gasteiger partial charge >= 0.3 is 6.01 Å². The van der Waals surface area contributed by atoms with Gasteiger partial charge in [0.1, 0.15) is 18.2 Å². The summed E-state index contributed by atoms with van der Waals surface area (Å²) in [7, 11) is 0. The SMILES string of the molecule is N#C/C(=C1/Nc2ccccc2S1)c1ccnc(OCc2ccc(CN3CCN(CC(N)=O)CC3)cc2)n1. The molecule has 2 aliphatic heterocycles. The highest BCUT2D eigenvalue weighted by Crippen LogP contribution is 2.43.